The summed E-state index contributed by atoms with van der Waals surface area (Å²) in [5.41, 5.74) is 0.403. The third-order valence-electron chi connectivity index (χ3n) is 2.74. The number of allylic oxidation sites excluding steroid dienone is 1. The molecule has 5 heteroatoms. The molecule has 0 radical (unpaired) electrons. The van der Waals surface area contributed by atoms with Gasteiger partial charge in [0.1, 0.15) is 11.6 Å². The molecule has 0 bridgehead atoms. The molecule has 2 aromatic carbocycles. The molecule has 2 aromatic rings. The smallest absolute Gasteiger partial charge is 0.251 e. The van der Waals surface area contributed by atoms with E-state index in [1.807, 2.05) is 0 Å². The van der Waals surface area contributed by atoms with E-state index in [0.29, 0.717) is 0 Å². The highest BCUT2D eigenvalue weighted by Crippen LogP contribution is 2.17. The van der Waals surface area contributed by atoms with Gasteiger partial charge in [-0.05, 0) is 23.8 Å². The summed E-state index contributed by atoms with van der Waals surface area (Å²) in [5.74, 6) is -1.33. The lowest BCUT2D eigenvalue weighted by atomic mass is 10.1. The third-order valence-corrected chi connectivity index (χ3v) is 2.74. The topological polar surface area (TPSA) is 43.1 Å². The molecule has 0 aromatic heterocycles. The molecule has 0 aliphatic heterocycles. The maximum Gasteiger partial charge on any atom is 0.251 e. The Kier molecular flexibility index (Phi) is 4.20. The van der Waals surface area contributed by atoms with Crippen LogP contribution in [-0.4, -0.2) is 4.92 Å². The van der Waals surface area contributed by atoms with Crippen LogP contribution in [0.15, 0.2) is 54.2 Å². The van der Waals surface area contributed by atoms with Crippen LogP contribution < -0.4 is 0 Å². The van der Waals surface area contributed by atoms with Crippen LogP contribution in [-0.2, 0) is 6.42 Å². The Bertz CT molecular complexity index is 654. The quantitative estimate of drug-likeness (QED) is 0.628. The van der Waals surface area contributed by atoms with E-state index in [2.05, 4.69) is 0 Å². The van der Waals surface area contributed by atoms with Crippen molar-refractivity contribution in [1.29, 1.82) is 0 Å². The average molecular weight is 275 g/mol. The van der Waals surface area contributed by atoms with Crippen LogP contribution in [0.4, 0.5) is 8.78 Å². The fourth-order valence-electron chi connectivity index (χ4n) is 1.78. The van der Waals surface area contributed by atoms with Gasteiger partial charge in [-0.2, -0.15) is 0 Å². The van der Waals surface area contributed by atoms with E-state index >= 15 is 0 Å². The molecule has 0 heterocycles. The second-order valence-electron chi connectivity index (χ2n) is 4.22. The zero-order valence-corrected chi connectivity index (χ0v) is 10.4. The van der Waals surface area contributed by atoms with Crippen molar-refractivity contribution in [1.82, 2.24) is 0 Å². The lowest BCUT2D eigenvalue weighted by molar-refractivity contribution is -0.425. The second-order valence-corrected chi connectivity index (χ2v) is 4.22. The summed E-state index contributed by atoms with van der Waals surface area (Å²) in [4.78, 5) is 10.4. The van der Waals surface area contributed by atoms with Gasteiger partial charge in [-0.25, -0.2) is 8.78 Å². The highest BCUT2D eigenvalue weighted by molar-refractivity contribution is 5.52. The Balaban J connectivity index is 2.35. The summed E-state index contributed by atoms with van der Waals surface area (Å²) in [7, 11) is 0. The molecule has 0 amide bonds. The van der Waals surface area contributed by atoms with Gasteiger partial charge < -0.3 is 0 Å². The molecule has 0 fully saturated rings. The van der Waals surface area contributed by atoms with Gasteiger partial charge in [0.25, 0.3) is 5.70 Å². The summed E-state index contributed by atoms with van der Waals surface area (Å²) in [6, 6.07) is 11.6. The van der Waals surface area contributed by atoms with Gasteiger partial charge in [0, 0.05) is 11.6 Å². The van der Waals surface area contributed by atoms with Gasteiger partial charge in [-0.15, -0.1) is 0 Å². The van der Waals surface area contributed by atoms with Gasteiger partial charge in [0.05, 0.1) is 11.3 Å². The van der Waals surface area contributed by atoms with Crippen LogP contribution in [0.1, 0.15) is 11.1 Å². The van der Waals surface area contributed by atoms with Crippen LogP contribution in [0.5, 0.6) is 0 Å². The molecule has 20 heavy (non-hydrogen) atoms. The van der Waals surface area contributed by atoms with Crippen LogP contribution in [0, 0.1) is 21.7 Å². The minimum Gasteiger partial charge on any atom is -0.259 e. The van der Waals surface area contributed by atoms with Crippen LogP contribution in [0.25, 0.3) is 6.08 Å². The van der Waals surface area contributed by atoms with Gasteiger partial charge in [-0.1, -0.05) is 30.3 Å². The summed E-state index contributed by atoms with van der Waals surface area (Å²) >= 11 is 0. The Morgan fingerprint density at radius 1 is 1.15 bits per heavy atom. The molecule has 102 valence electrons. The number of benzene rings is 2. The summed E-state index contributed by atoms with van der Waals surface area (Å²) in [6.45, 7) is 0. The van der Waals surface area contributed by atoms with Crippen LogP contribution in [0.2, 0.25) is 0 Å². The van der Waals surface area contributed by atoms with Crippen molar-refractivity contribution < 1.29 is 13.7 Å². The van der Waals surface area contributed by atoms with Crippen molar-refractivity contribution in [3.8, 4) is 0 Å². The zero-order chi connectivity index (χ0) is 14.5. The minimum absolute atomic E-state index is 0.0454. The largest absolute Gasteiger partial charge is 0.259 e. The lowest BCUT2D eigenvalue weighted by Gasteiger charge is -2.01. The number of halogens is 2. The molecule has 3 nitrogen and oxygen atoms in total. The number of hydrogen-bond acceptors (Lipinski definition) is 2. The summed E-state index contributed by atoms with van der Waals surface area (Å²) in [6.07, 6.45) is 1.11. The molecular formula is C15H11F2NO2. The standard InChI is InChI=1S/C15H11F2NO2/c16-13-6-7-15(17)12(9-13)10-14(18(19)20)8-11-4-2-1-3-5-11/h1-7,9-10H,8H2. The molecule has 2 rings (SSSR count). The average Bonchev–Trinajstić information content (AvgIpc) is 2.43. The fraction of sp³-hybridized carbons (Fsp3) is 0.0667. The van der Waals surface area contributed by atoms with Crippen molar-refractivity contribution in [2.45, 2.75) is 6.42 Å². The molecule has 0 N–H and O–H groups in total. The van der Waals surface area contributed by atoms with Gasteiger partial charge in [0.2, 0.25) is 0 Å². The Morgan fingerprint density at radius 3 is 2.50 bits per heavy atom. The van der Waals surface area contributed by atoms with Crippen molar-refractivity contribution in [2.24, 2.45) is 0 Å². The maximum absolute atomic E-state index is 13.5. The van der Waals surface area contributed by atoms with E-state index in [-0.39, 0.29) is 17.7 Å². The van der Waals surface area contributed by atoms with E-state index in [0.717, 1.165) is 29.8 Å². The predicted octanol–water partition coefficient (Wildman–Crippen LogP) is 3.83. The first-order valence-electron chi connectivity index (χ1n) is 5.90. The number of nitro groups is 1. The molecule has 0 aliphatic rings. The molecule has 0 spiro atoms. The molecule has 0 aliphatic carbocycles. The highest BCUT2D eigenvalue weighted by atomic mass is 19.1. The molecule has 0 saturated heterocycles. The van der Waals surface area contributed by atoms with E-state index in [9.17, 15) is 18.9 Å². The van der Waals surface area contributed by atoms with Crippen LogP contribution in [0.3, 0.4) is 0 Å². The third kappa shape index (κ3) is 3.47. The second kappa shape index (κ2) is 6.06. The van der Waals surface area contributed by atoms with E-state index in [4.69, 9.17) is 0 Å². The van der Waals surface area contributed by atoms with Crippen molar-refractivity contribution >= 4 is 6.08 Å². The van der Waals surface area contributed by atoms with Crippen molar-refractivity contribution in [3.63, 3.8) is 0 Å². The number of hydrogen-bond donors (Lipinski definition) is 0. The van der Waals surface area contributed by atoms with E-state index in [1.54, 1.807) is 30.3 Å². The molecular weight excluding hydrogens is 264 g/mol. The SMILES string of the molecule is O=[N+]([O-])C(=Cc1cc(F)ccc1F)Cc1ccccc1. The molecule has 0 unspecified atom stereocenters. The van der Waals surface area contributed by atoms with Gasteiger partial charge >= 0.3 is 0 Å². The van der Waals surface area contributed by atoms with E-state index < -0.39 is 16.6 Å². The van der Waals surface area contributed by atoms with Gasteiger partial charge in [0.15, 0.2) is 0 Å². The number of nitrogens with zero attached hydrogens (tertiary/aromatic N) is 1. The molecule has 0 saturated carbocycles. The predicted molar refractivity (Wildman–Crippen MR) is 71.5 cm³/mol. The normalized spacial score (nSPS) is 11.4. The summed E-state index contributed by atoms with van der Waals surface area (Å²) < 4.78 is 26.6. The Labute approximate surface area is 114 Å². The first-order chi connectivity index (χ1) is 9.56. The summed E-state index contributed by atoms with van der Waals surface area (Å²) in [5, 5.41) is 11.0. The first kappa shape index (κ1) is 13.9. The van der Waals surface area contributed by atoms with Crippen LogP contribution >= 0.6 is 0 Å². The minimum atomic E-state index is -0.696. The zero-order valence-electron chi connectivity index (χ0n) is 10.4. The van der Waals surface area contributed by atoms with Crippen molar-refractivity contribution in [3.05, 3.63) is 87.1 Å². The fourth-order valence-corrected chi connectivity index (χ4v) is 1.78. The Hall–Kier alpha value is -2.56. The van der Waals surface area contributed by atoms with Crippen molar-refractivity contribution in [2.75, 3.05) is 0 Å². The lowest BCUT2D eigenvalue weighted by Crippen LogP contribution is -2.03. The number of rotatable bonds is 4. The maximum atomic E-state index is 13.5. The Morgan fingerprint density at radius 2 is 1.85 bits per heavy atom. The monoisotopic (exact) mass is 275 g/mol. The first-order valence-corrected chi connectivity index (χ1v) is 5.90. The highest BCUT2D eigenvalue weighted by Gasteiger charge is 2.13. The van der Waals surface area contributed by atoms with E-state index in [1.165, 1.54) is 0 Å². The van der Waals surface area contributed by atoms with Gasteiger partial charge in [-0.3, -0.25) is 10.1 Å². The molecule has 0 atom stereocenters.